The van der Waals surface area contributed by atoms with E-state index in [0.29, 0.717) is 13.1 Å². The van der Waals surface area contributed by atoms with Crippen molar-refractivity contribution in [3.05, 3.63) is 71.0 Å². The van der Waals surface area contributed by atoms with Crippen molar-refractivity contribution in [2.75, 3.05) is 6.54 Å². The van der Waals surface area contributed by atoms with Gasteiger partial charge in [-0.2, -0.15) is 0 Å². The number of carboxylic acids is 1. The van der Waals surface area contributed by atoms with E-state index in [-0.39, 0.29) is 12.2 Å². The number of carboxylic acid groups (broad SMARTS) is 1. The summed E-state index contributed by atoms with van der Waals surface area (Å²) >= 11 is 0. The molecule has 0 radical (unpaired) electrons. The summed E-state index contributed by atoms with van der Waals surface area (Å²) in [6.45, 7) is 1.32. The minimum atomic E-state index is -0.831. The third-order valence-electron chi connectivity index (χ3n) is 3.25. The second kappa shape index (κ2) is 7.55. The number of rotatable bonds is 7. The lowest BCUT2D eigenvalue weighted by molar-refractivity contribution is -0.136. The van der Waals surface area contributed by atoms with Gasteiger partial charge in [0.05, 0.1) is 6.42 Å². The standard InChI is InChI=1S/C17H18FNO2/c18-16-7-3-4-13(10-16)8-9-19-12-15-6-2-1-5-14(15)11-17(20)21/h1-7,10,19H,8-9,11-12H2,(H,20,21). The Bertz CT molecular complexity index is 613. The van der Waals surface area contributed by atoms with E-state index in [9.17, 15) is 9.18 Å². The van der Waals surface area contributed by atoms with Gasteiger partial charge in [-0.15, -0.1) is 0 Å². The maximum Gasteiger partial charge on any atom is 0.307 e. The molecule has 3 nitrogen and oxygen atoms in total. The van der Waals surface area contributed by atoms with Crippen LogP contribution in [0.25, 0.3) is 0 Å². The Morgan fingerprint density at radius 3 is 2.57 bits per heavy atom. The molecule has 4 heteroatoms. The Balaban J connectivity index is 1.85. The number of carbonyl (C=O) groups is 1. The predicted molar refractivity (Wildman–Crippen MR) is 79.6 cm³/mol. The van der Waals surface area contributed by atoms with Crippen molar-refractivity contribution in [2.45, 2.75) is 19.4 Å². The van der Waals surface area contributed by atoms with E-state index < -0.39 is 5.97 Å². The van der Waals surface area contributed by atoms with E-state index in [2.05, 4.69) is 5.32 Å². The lowest BCUT2D eigenvalue weighted by Crippen LogP contribution is -2.18. The van der Waals surface area contributed by atoms with Crippen LogP contribution in [-0.4, -0.2) is 17.6 Å². The van der Waals surface area contributed by atoms with E-state index in [0.717, 1.165) is 23.1 Å². The molecular formula is C17H18FNO2. The average Bonchev–Trinajstić information content (AvgIpc) is 2.45. The third-order valence-corrected chi connectivity index (χ3v) is 3.25. The average molecular weight is 287 g/mol. The molecule has 0 bridgehead atoms. The Kier molecular flexibility index (Phi) is 5.46. The van der Waals surface area contributed by atoms with Crippen molar-refractivity contribution in [2.24, 2.45) is 0 Å². The van der Waals surface area contributed by atoms with Gasteiger partial charge in [0.25, 0.3) is 0 Å². The first-order valence-corrected chi connectivity index (χ1v) is 6.89. The molecule has 0 aliphatic carbocycles. The van der Waals surface area contributed by atoms with Crippen molar-refractivity contribution in [3.8, 4) is 0 Å². The Hall–Kier alpha value is -2.20. The van der Waals surface area contributed by atoms with Crippen molar-refractivity contribution in [3.63, 3.8) is 0 Å². The minimum absolute atomic E-state index is 0.0295. The monoisotopic (exact) mass is 287 g/mol. The van der Waals surface area contributed by atoms with Gasteiger partial charge in [-0.1, -0.05) is 36.4 Å². The Morgan fingerprint density at radius 2 is 1.86 bits per heavy atom. The van der Waals surface area contributed by atoms with Gasteiger partial charge < -0.3 is 10.4 Å². The van der Waals surface area contributed by atoms with Gasteiger partial charge in [0.15, 0.2) is 0 Å². The number of benzene rings is 2. The molecule has 21 heavy (non-hydrogen) atoms. The summed E-state index contributed by atoms with van der Waals surface area (Å²) in [5, 5.41) is 12.1. The van der Waals surface area contributed by atoms with Gasteiger partial charge in [0.2, 0.25) is 0 Å². The predicted octanol–water partition coefficient (Wildman–Crippen LogP) is 2.79. The van der Waals surface area contributed by atoms with E-state index in [4.69, 9.17) is 5.11 Å². The zero-order chi connectivity index (χ0) is 15.1. The lowest BCUT2D eigenvalue weighted by Gasteiger charge is -2.09. The van der Waals surface area contributed by atoms with Crippen molar-refractivity contribution >= 4 is 5.97 Å². The second-order valence-corrected chi connectivity index (χ2v) is 4.90. The molecule has 0 fully saturated rings. The molecule has 0 saturated heterocycles. The highest BCUT2D eigenvalue weighted by Gasteiger charge is 2.05. The van der Waals surface area contributed by atoms with Gasteiger partial charge >= 0.3 is 5.97 Å². The fraction of sp³-hybridized carbons (Fsp3) is 0.235. The summed E-state index contributed by atoms with van der Waals surface area (Å²) in [4.78, 5) is 10.8. The molecule has 0 aromatic heterocycles. The summed E-state index contributed by atoms with van der Waals surface area (Å²) in [6, 6.07) is 14.0. The van der Waals surface area contributed by atoms with Gasteiger partial charge in [0.1, 0.15) is 5.82 Å². The van der Waals surface area contributed by atoms with Gasteiger partial charge in [-0.05, 0) is 41.8 Å². The lowest BCUT2D eigenvalue weighted by atomic mass is 10.0. The van der Waals surface area contributed by atoms with Crippen molar-refractivity contribution in [1.82, 2.24) is 5.32 Å². The molecule has 0 unspecified atom stereocenters. The summed E-state index contributed by atoms with van der Waals surface area (Å²) in [5.41, 5.74) is 2.75. The van der Waals surface area contributed by atoms with E-state index in [1.165, 1.54) is 12.1 Å². The van der Waals surface area contributed by atoms with Crippen LogP contribution in [0.3, 0.4) is 0 Å². The smallest absolute Gasteiger partial charge is 0.307 e. The first-order valence-electron chi connectivity index (χ1n) is 6.89. The fourth-order valence-electron chi connectivity index (χ4n) is 2.21. The summed E-state index contributed by atoms with van der Waals surface area (Å²) in [5.74, 6) is -1.05. The zero-order valence-corrected chi connectivity index (χ0v) is 11.7. The number of halogens is 1. The van der Waals surface area contributed by atoms with Gasteiger partial charge in [-0.3, -0.25) is 4.79 Å². The molecule has 2 N–H and O–H groups in total. The molecule has 0 spiro atoms. The highest BCUT2D eigenvalue weighted by atomic mass is 19.1. The van der Waals surface area contributed by atoms with E-state index in [1.807, 2.05) is 30.3 Å². The van der Waals surface area contributed by atoms with Crippen LogP contribution >= 0.6 is 0 Å². The number of nitrogens with one attached hydrogen (secondary N) is 1. The van der Waals surface area contributed by atoms with Crippen LogP contribution in [0.1, 0.15) is 16.7 Å². The zero-order valence-electron chi connectivity index (χ0n) is 11.7. The first kappa shape index (κ1) is 15.2. The molecule has 110 valence electrons. The number of hydrogen-bond acceptors (Lipinski definition) is 2. The van der Waals surface area contributed by atoms with Crippen LogP contribution in [0.5, 0.6) is 0 Å². The summed E-state index contributed by atoms with van der Waals surface area (Å²) in [6.07, 6.45) is 0.764. The molecule has 0 aliphatic heterocycles. The normalized spacial score (nSPS) is 10.5. The van der Waals surface area contributed by atoms with Crippen LogP contribution in [0.4, 0.5) is 4.39 Å². The summed E-state index contributed by atoms with van der Waals surface area (Å²) < 4.78 is 13.0. The number of aliphatic carboxylic acids is 1. The third kappa shape index (κ3) is 5.00. The van der Waals surface area contributed by atoms with Gasteiger partial charge in [-0.25, -0.2) is 4.39 Å². The molecular weight excluding hydrogens is 269 g/mol. The van der Waals surface area contributed by atoms with Crippen LogP contribution in [0.15, 0.2) is 48.5 Å². The minimum Gasteiger partial charge on any atom is -0.481 e. The highest BCUT2D eigenvalue weighted by Crippen LogP contribution is 2.09. The van der Waals surface area contributed by atoms with E-state index in [1.54, 1.807) is 6.07 Å². The number of hydrogen-bond donors (Lipinski definition) is 2. The molecule has 2 rings (SSSR count). The van der Waals surface area contributed by atoms with Gasteiger partial charge in [0, 0.05) is 6.54 Å². The van der Waals surface area contributed by atoms with Crippen LogP contribution in [-0.2, 0) is 24.2 Å². The van der Waals surface area contributed by atoms with Crippen molar-refractivity contribution in [1.29, 1.82) is 0 Å². The molecule has 0 atom stereocenters. The summed E-state index contributed by atoms with van der Waals surface area (Å²) in [7, 11) is 0. The highest BCUT2D eigenvalue weighted by molar-refractivity contribution is 5.70. The maximum absolute atomic E-state index is 13.0. The molecule has 2 aromatic carbocycles. The SMILES string of the molecule is O=C(O)Cc1ccccc1CNCCc1cccc(F)c1. The molecule has 2 aromatic rings. The molecule has 0 aliphatic rings. The molecule has 0 amide bonds. The maximum atomic E-state index is 13.0. The second-order valence-electron chi connectivity index (χ2n) is 4.90. The topological polar surface area (TPSA) is 49.3 Å². The first-order chi connectivity index (χ1) is 10.1. The fourth-order valence-corrected chi connectivity index (χ4v) is 2.21. The van der Waals surface area contributed by atoms with Crippen molar-refractivity contribution < 1.29 is 14.3 Å². The largest absolute Gasteiger partial charge is 0.481 e. The van der Waals surface area contributed by atoms with E-state index >= 15 is 0 Å². The Morgan fingerprint density at radius 1 is 1.10 bits per heavy atom. The molecule has 0 saturated carbocycles. The Labute approximate surface area is 123 Å². The quantitative estimate of drug-likeness (QED) is 0.770. The van der Waals surface area contributed by atoms with Crippen LogP contribution in [0, 0.1) is 5.82 Å². The van der Waals surface area contributed by atoms with Crippen LogP contribution in [0.2, 0.25) is 0 Å². The van der Waals surface area contributed by atoms with Crippen LogP contribution < -0.4 is 5.32 Å². The molecule has 0 heterocycles.